The van der Waals surface area contributed by atoms with Crippen LogP contribution in [-0.2, 0) is 6.18 Å². The molecule has 0 atom stereocenters. The Morgan fingerprint density at radius 3 is 2.79 bits per heavy atom. The van der Waals surface area contributed by atoms with Crippen LogP contribution in [-0.4, -0.2) is 6.61 Å². The highest BCUT2D eigenvalue weighted by molar-refractivity contribution is 5.47. The van der Waals surface area contributed by atoms with Gasteiger partial charge in [0.25, 0.3) is 0 Å². The molecule has 4 heteroatoms. The van der Waals surface area contributed by atoms with Gasteiger partial charge in [0.1, 0.15) is 5.75 Å². The zero-order chi connectivity index (χ0) is 10.2. The van der Waals surface area contributed by atoms with E-state index in [4.69, 9.17) is 4.74 Å². The van der Waals surface area contributed by atoms with Crippen molar-refractivity contribution in [2.45, 2.75) is 12.6 Å². The molecule has 14 heavy (non-hydrogen) atoms. The number of alkyl halides is 3. The molecule has 1 aliphatic rings. The van der Waals surface area contributed by atoms with Crippen LogP contribution >= 0.6 is 0 Å². The van der Waals surface area contributed by atoms with Gasteiger partial charge in [-0.15, -0.1) is 0 Å². The molecule has 0 saturated heterocycles. The van der Waals surface area contributed by atoms with E-state index < -0.39 is 11.7 Å². The van der Waals surface area contributed by atoms with Crippen molar-refractivity contribution in [3.8, 4) is 5.75 Å². The normalized spacial score (nSPS) is 15.9. The summed E-state index contributed by atoms with van der Waals surface area (Å²) in [5, 5.41) is 0. The van der Waals surface area contributed by atoms with Crippen LogP contribution in [0.3, 0.4) is 0 Å². The van der Waals surface area contributed by atoms with Crippen molar-refractivity contribution in [3.05, 3.63) is 35.7 Å². The third kappa shape index (κ3) is 1.56. The average molecular weight is 200 g/mol. The van der Waals surface area contributed by atoms with E-state index in [1.807, 2.05) is 0 Å². The summed E-state index contributed by atoms with van der Waals surface area (Å²) >= 11 is 0. The monoisotopic (exact) mass is 200 g/mol. The van der Waals surface area contributed by atoms with Gasteiger partial charge in [-0.25, -0.2) is 0 Å². The molecule has 0 amide bonds. The summed E-state index contributed by atoms with van der Waals surface area (Å²) < 4.78 is 42.4. The number of fused-ring (bicyclic) bond motifs is 1. The van der Waals surface area contributed by atoms with E-state index in [0.29, 0.717) is 12.0 Å². The van der Waals surface area contributed by atoms with Crippen LogP contribution in [0.2, 0.25) is 0 Å². The van der Waals surface area contributed by atoms with E-state index in [1.54, 1.807) is 6.07 Å². The minimum absolute atomic E-state index is 0.0914. The SMILES string of the molecule is FC(F)(F)c1cccc2c1OCC[C]2. The molecular weight excluding hydrogens is 193 g/mol. The maximum Gasteiger partial charge on any atom is 0.419 e. The Bertz CT molecular complexity index is 344. The first-order valence-corrected chi connectivity index (χ1v) is 4.16. The third-order valence-corrected chi connectivity index (χ3v) is 1.98. The van der Waals surface area contributed by atoms with Gasteiger partial charge >= 0.3 is 6.18 Å². The van der Waals surface area contributed by atoms with Gasteiger partial charge < -0.3 is 4.74 Å². The van der Waals surface area contributed by atoms with Crippen molar-refractivity contribution < 1.29 is 17.9 Å². The van der Waals surface area contributed by atoms with Crippen molar-refractivity contribution >= 4 is 0 Å². The molecule has 0 saturated carbocycles. The predicted octanol–water partition coefficient (Wildman–Crippen LogP) is 2.92. The zero-order valence-electron chi connectivity index (χ0n) is 7.19. The van der Waals surface area contributed by atoms with Gasteiger partial charge in [-0.05, 0) is 12.5 Å². The fraction of sp³-hybridized carbons (Fsp3) is 0.300. The Hall–Kier alpha value is -1.19. The molecule has 0 aliphatic carbocycles. The van der Waals surface area contributed by atoms with Crippen LogP contribution in [0.1, 0.15) is 17.5 Å². The Labute approximate surface area is 79.5 Å². The van der Waals surface area contributed by atoms with Crippen LogP contribution in [0, 0.1) is 6.42 Å². The number of halogens is 3. The highest BCUT2D eigenvalue weighted by Gasteiger charge is 2.35. The molecule has 0 bridgehead atoms. The lowest BCUT2D eigenvalue weighted by atomic mass is 10.0. The molecule has 0 spiro atoms. The molecular formula is C10H7F3O. The standard InChI is InChI=1S/C10H7F3O/c11-10(12,13)8-5-1-3-7-4-2-6-14-9(7)8/h1,3,5H,2,6H2. The number of ether oxygens (including phenoxy) is 1. The molecule has 0 unspecified atom stereocenters. The highest BCUT2D eigenvalue weighted by atomic mass is 19.4. The summed E-state index contributed by atoms with van der Waals surface area (Å²) in [4.78, 5) is 0. The van der Waals surface area contributed by atoms with Crippen molar-refractivity contribution in [1.29, 1.82) is 0 Å². The molecule has 2 rings (SSSR count). The van der Waals surface area contributed by atoms with Gasteiger partial charge in [0.05, 0.1) is 12.2 Å². The van der Waals surface area contributed by atoms with Gasteiger partial charge in [0.2, 0.25) is 0 Å². The number of para-hydroxylation sites is 1. The lowest BCUT2D eigenvalue weighted by Crippen LogP contribution is -2.14. The molecule has 0 aromatic heterocycles. The average Bonchev–Trinajstić information content (AvgIpc) is 2.15. The van der Waals surface area contributed by atoms with E-state index in [0.717, 1.165) is 6.07 Å². The summed E-state index contributed by atoms with van der Waals surface area (Å²) in [7, 11) is 0. The van der Waals surface area contributed by atoms with Gasteiger partial charge in [0, 0.05) is 12.0 Å². The van der Waals surface area contributed by atoms with Crippen LogP contribution in [0.25, 0.3) is 0 Å². The maximum absolute atomic E-state index is 12.5. The molecule has 1 aromatic carbocycles. The van der Waals surface area contributed by atoms with Crippen molar-refractivity contribution in [3.63, 3.8) is 0 Å². The first-order valence-electron chi connectivity index (χ1n) is 4.16. The highest BCUT2D eigenvalue weighted by Crippen LogP contribution is 2.40. The molecule has 1 heterocycles. The fourth-order valence-corrected chi connectivity index (χ4v) is 1.39. The van der Waals surface area contributed by atoms with Crippen molar-refractivity contribution in [2.24, 2.45) is 0 Å². The van der Waals surface area contributed by atoms with Gasteiger partial charge in [-0.3, -0.25) is 0 Å². The van der Waals surface area contributed by atoms with E-state index >= 15 is 0 Å². The van der Waals surface area contributed by atoms with Gasteiger partial charge in [-0.1, -0.05) is 12.1 Å². The predicted molar refractivity (Wildman–Crippen MR) is 43.9 cm³/mol. The van der Waals surface area contributed by atoms with Crippen LogP contribution in [0.15, 0.2) is 18.2 Å². The Kier molecular flexibility index (Phi) is 2.13. The summed E-state index contributed by atoms with van der Waals surface area (Å²) in [5.41, 5.74) is -0.312. The summed E-state index contributed by atoms with van der Waals surface area (Å²) in [5.74, 6) is -0.0914. The number of hydrogen-bond donors (Lipinski definition) is 0. The second-order valence-electron chi connectivity index (χ2n) is 2.96. The largest absolute Gasteiger partial charge is 0.493 e. The summed E-state index contributed by atoms with van der Waals surface area (Å²) in [6.07, 6.45) is -0.971. The van der Waals surface area contributed by atoms with Crippen LogP contribution in [0.5, 0.6) is 5.75 Å². The van der Waals surface area contributed by atoms with Gasteiger partial charge in [-0.2, -0.15) is 13.2 Å². The Balaban J connectivity index is 2.51. The number of hydrogen-bond acceptors (Lipinski definition) is 1. The summed E-state index contributed by atoms with van der Waals surface area (Å²) in [6, 6.07) is 3.96. The fourth-order valence-electron chi connectivity index (χ4n) is 1.39. The maximum atomic E-state index is 12.5. The van der Waals surface area contributed by atoms with Crippen LogP contribution in [0.4, 0.5) is 13.2 Å². The molecule has 1 aromatic rings. The molecule has 1 aliphatic heterocycles. The lowest BCUT2D eigenvalue weighted by molar-refractivity contribution is -0.139. The van der Waals surface area contributed by atoms with Crippen molar-refractivity contribution in [2.75, 3.05) is 6.61 Å². The lowest BCUT2D eigenvalue weighted by Gasteiger charge is -2.20. The molecule has 74 valence electrons. The first-order chi connectivity index (χ1) is 6.59. The van der Waals surface area contributed by atoms with E-state index in [1.165, 1.54) is 6.07 Å². The van der Waals surface area contributed by atoms with E-state index in [9.17, 15) is 13.2 Å². The molecule has 1 nitrogen and oxygen atoms in total. The number of rotatable bonds is 0. The molecule has 0 fully saturated rings. The quantitative estimate of drug-likeness (QED) is 0.625. The molecule has 2 radical (unpaired) electrons. The number of benzene rings is 1. The third-order valence-electron chi connectivity index (χ3n) is 1.98. The Morgan fingerprint density at radius 1 is 1.29 bits per heavy atom. The van der Waals surface area contributed by atoms with Crippen molar-refractivity contribution in [1.82, 2.24) is 0 Å². The van der Waals surface area contributed by atoms with Crippen LogP contribution < -0.4 is 4.74 Å². The zero-order valence-corrected chi connectivity index (χ0v) is 7.19. The topological polar surface area (TPSA) is 9.23 Å². The summed E-state index contributed by atoms with van der Waals surface area (Å²) in [6.45, 7) is 0.264. The second kappa shape index (κ2) is 3.19. The minimum atomic E-state index is -4.36. The van der Waals surface area contributed by atoms with E-state index in [2.05, 4.69) is 6.42 Å². The minimum Gasteiger partial charge on any atom is -0.493 e. The van der Waals surface area contributed by atoms with E-state index in [-0.39, 0.29) is 12.4 Å². The smallest absolute Gasteiger partial charge is 0.419 e. The van der Waals surface area contributed by atoms with Gasteiger partial charge in [0.15, 0.2) is 0 Å². The second-order valence-corrected chi connectivity index (χ2v) is 2.96. The Morgan fingerprint density at radius 2 is 2.07 bits per heavy atom. The first kappa shape index (κ1) is 9.37. The molecule has 0 N–H and O–H groups in total.